The number of rotatable bonds is 10. The summed E-state index contributed by atoms with van der Waals surface area (Å²) in [5.41, 5.74) is 21.0. The van der Waals surface area contributed by atoms with Gasteiger partial charge in [0, 0.05) is 33.5 Å². The number of nitrogens with zero attached hydrogens (tertiary/aromatic N) is 2. The maximum atomic E-state index is 2.43. The summed E-state index contributed by atoms with van der Waals surface area (Å²) in [6.45, 7) is 0. The fraction of sp³-hybridized carbons (Fsp3) is 0. The van der Waals surface area contributed by atoms with E-state index in [-0.39, 0.29) is 0 Å². The number of hydrogen-bond acceptors (Lipinski definition) is 1. The third-order valence-electron chi connectivity index (χ3n) is 14.2. The van der Waals surface area contributed by atoms with Gasteiger partial charge in [-0.2, -0.15) is 0 Å². The van der Waals surface area contributed by atoms with Crippen LogP contribution in [0.3, 0.4) is 0 Å². The molecule has 0 N–H and O–H groups in total. The molecule has 13 rings (SSSR count). The summed E-state index contributed by atoms with van der Waals surface area (Å²) in [6, 6.07) is 106. The van der Waals surface area contributed by atoms with Crippen molar-refractivity contribution in [3.05, 3.63) is 291 Å². The summed E-state index contributed by atoms with van der Waals surface area (Å²) in [5, 5.41) is 4.91. The molecule has 0 saturated heterocycles. The first-order valence-corrected chi connectivity index (χ1v) is 24.7. The zero-order chi connectivity index (χ0) is 47.8. The minimum absolute atomic E-state index is 1.06. The quantitative estimate of drug-likeness (QED) is 0.133. The van der Waals surface area contributed by atoms with Crippen molar-refractivity contribution < 1.29 is 0 Å². The molecule has 0 unspecified atom stereocenters. The molecule has 0 bridgehead atoms. The molecule has 0 aliphatic carbocycles. The Kier molecular flexibility index (Phi) is 10.9. The Balaban J connectivity index is 0.990. The van der Waals surface area contributed by atoms with Crippen LogP contribution in [-0.2, 0) is 0 Å². The van der Waals surface area contributed by atoms with Crippen LogP contribution < -0.4 is 4.90 Å². The Hall–Kier alpha value is -9.50. The molecule has 12 aromatic carbocycles. The van der Waals surface area contributed by atoms with Crippen LogP contribution in [0, 0.1) is 0 Å². The van der Waals surface area contributed by atoms with Gasteiger partial charge in [-0.1, -0.05) is 237 Å². The lowest BCUT2D eigenvalue weighted by Crippen LogP contribution is -2.10. The Labute approximate surface area is 420 Å². The van der Waals surface area contributed by atoms with E-state index in [0.29, 0.717) is 0 Å². The topological polar surface area (TPSA) is 8.17 Å². The highest BCUT2D eigenvalue weighted by Crippen LogP contribution is 2.45. The van der Waals surface area contributed by atoms with Crippen molar-refractivity contribution >= 4 is 49.6 Å². The molecule has 2 heteroatoms. The maximum absolute atomic E-state index is 2.43. The second-order valence-electron chi connectivity index (χ2n) is 18.4. The number of anilines is 3. The highest BCUT2D eigenvalue weighted by atomic mass is 15.1. The Morgan fingerprint density at radius 3 is 1.35 bits per heavy atom. The van der Waals surface area contributed by atoms with E-state index in [9.17, 15) is 0 Å². The summed E-state index contributed by atoms with van der Waals surface area (Å²) in [4.78, 5) is 2.41. The molecule has 0 aliphatic rings. The van der Waals surface area contributed by atoms with Gasteiger partial charge in [0.05, 0.1) is 11.0 Å². The van der Waals surface area contributed by atoms with Crippen molar-refractivity contribution in [2.45, 2.75) is 0 Å². The van der Waals surface area contributed by atoms with E-state index in [0.717, 1.165) is 33.8 Å². The van der Waals surface area contributed by atoms with E-state index in [4.69, 9.17) is 0 Å². The van der Waals surface area contributed by atoms with E-state index in [2.05, 4.69) is 301 Å². The van der Waals surface area contributed by atoms with Crippen molar-refractivity contribution in [3.63, 3.8) is 0 Å². The monoisotopic (exact) mass is 916 g/mol. The van der Waals surface area contributed by atoms with Crippen molar-refractivity contribution in [1.29, 1.82) is 0 Å². The molecule has 0 radical (unpaired) electrons. The second-order valence-corrected chi connectivity index (χ2v) is 18.4. The minimum Gasteiger partial charge on any atom is -0.310 e. The van der Waals surface area contributed by atoms with Gasteiger partial charge in [0.2, 0.25) is 0 Å². The fourth-order valence-corrected chi connectivity index (χ4v) is 10.9. The molecule has 338 valence electrons. The van der Waals surface area contributed by atoms with Crippen LogP contribution in [-0.4, -0.2) is 4.57 Å². The lowest BCUT2D eigenvalue weighted by molar-refractivity contribution is 1.18. The third-order valence-corrected chi connectivity index (χ3v) is 14.2. The molecule has 13 aromatic rings. The van der Waals surface area contributed by atoms with Gasteiger partial charge in [0.15, 0.2) is 0 Å². The van der Waals surface area contributed by atoms with Crippen LogP contribution in [0.25, 0.3) is 105 Å². The van der Waals surface area contributed by atoms with Gasteiger partial charge in [0.25, 0.3) is 0 Å². The number of benzene rings is 12. The number of para-hydroxylation sites is 1. The molecular formula is C70H48N2. The van der Waals surface area contributed by atoms with Gasteiger partial charge in [-0.15, -0.1) is 0 Å². The summed E-state index contributed by atoms with van der Waals surface area (Å²) in [6.07, 6.45) is 0. The van der Waals surface area contributed by atoms with Crippen LogP contribution >= 0.6 is 0 Å². The van der Waals surface area contributed by atoms with Crippen LogP contribution in [0.1, 0.15) is 0 Å². The number of fused-ring (bicyclic) bond motifs is 4. The van der Waals surface area contributed by atoms with Gasteiger partial charge < -0.3 is 9.47 Å². The predicted octanol–water partition coefficient (Wildman–Crippen LogP) is 19.4. The van der Waals surface area contributed by atoms with Gasteiger partial charge in [0.1, 0.15) is 0 Å². The van der Waals surface area contributed by atoms with Crippen LogP contribution in [0.4, 0.5) is 17.1 Å². The fourth-order valence-electron chi connectivity index (χ4n) is 10.9. The Morgan fingerprint density at radius 2 is 0.694 bits per heavy atom. The molecule has 0 fully saturated rings. The van der Waals surface area contributed by atoms with Gasteiger partial charge in [-0.05, 0) is 132 Å². The smallest absolute Gasteiger partial charge is 0.0561 e. The van der Waals surface area contributed by atoms with Gasteiger partial charge in [-0.3, -0.25) is 0 Å². The highest BCUT2D eigenvalue weighted by molar-refractivity contribution is 6.11. The van der Waals surface area contributed by atoms with E-state index in [1.165, 1.54) is 88.3 Å². The molecule has 2 nitrogen and oxygen atoms in total. The van der Waals surface area contributed by atoms with E-state index in [1.54, 1.807) is 0 Å². The molecule has 0 atom stereocenters. The molecule has 1 heterocycles. The molecule has 72 heavy (non-hydrogen) atoms. The van der Waals surface area contributed by atoms with E-state index >= 15 is 0 Å². The highest BCUT2D eigenvalue weighted by Gasteiger charge is 2.21. The standard InChI is InChI=1S/C70H48N2/c1-5-19-49(20-6-1)56-28-17-29-59(47-56)72-67-34-16-15-31-65(67)66-46-44-60(48-68(66)72)71(57-40-35-53(36-41-57)64-45-39-52-25-13-14-30-61(52)69(64)54-26-11-4-12-27-54)58-42-37-55(38-43-58)70-62(50-21-7-2-8-22-50)32-18-33-63(70)51-23-9-3-10-24-51/h1-48H. The average molecular weight is 917 g/mol. The maximum Gasteiger partial charge on any atom is 0.0561 e. The molecular weight excluding hydrogens is 869 g/mol. The van der Waals surface area contributed by atoms with Crippen LogP contribution in [0.15, 0.2) is 291 Å². The number of aromatic nitrogens is 1. The Morgan fingerprint density at radius 1 is 0.236 bits per heavy atom. The normalized spacial score (nSPS) is 11.3. The SMILES string of the molecule is c1ccc(-c2cccc(-n3c4ccccc4c4ccc(N(c5ccc(-c6ccc7ccccc7c6-c6ccccc6)cc5)c5ccc(-c6c(-c7ccccc7)cccc6-c6ccccc6)cc5)cc43)c2)cc1. The molecule has 0 amide bonds. The second kappa shape index (κ2) is 18.4. The van der Waals surface area contributed by atoms with Crippen molar-refractivity contribution in [2.75, 3.05) is 4.90 Å². The molecule has 0 saturated carbocycles. The Bertz CT molecular complexity index is 3990. The van der Waals surface area contributed by atoms with E-state index < -0.39 is 0 Å². The lowest BCUT2D eigenvalue weighted by Gasteiger charge is -2.27. The lowest BCUT2D eigenvalue weighted by atomic mass is 9.87. The average Bonchev–Trinajstić information content (AvgIpc) is 3.80. The largest absolute Gasteiger partial charge is 0.310 e. The first-order valence-electron chi connectivity index (χ1n) is 24.7. The first kappa shape index (κ1) is 42.6. The first-order chi connectivity index (χ1) is 35.7. The molecule has 1 aromatic heterocycles. The van der Waals surface area contributed by atoms with Gasteiger partial charge in [-0.25, -0.2) is 0 Å². The number of hydrogen-bond donors (Lipinski definition) is 0. The van der Waals surface area contributed by atoms with Gasteiger partial charge >= 0.3 is 0 Å². The van der Waals surface area contributed by atoms with E-state index in [1.807, 2.05) is 0 Å². The van der Waals surface area contributed by atoms with Crippen molar-refractivity contribution in [3.8, 4) is 72.4 Å². The summed E-state index contributed by atoms with van der Waals surface area (Å²) in [5.74, 6) is 0. The summed E-state index contributed by atoms with van der Waals surface area (Å²) >= 11 is 0. The van der Waals surface area contributed by atoms with Crippen molar-refractivity contribution in [1.82, 2.24) is 4.57 Å². The van der Waals surface area contributed by atoms with Crippen LogP contribution in [0.2, 0.25) is 0 Å². The zero-order valence-corrected chi connectivity index (χ0v) is 39.6. The van der Waals surface area contributed by atoms with Crippen molar-refractivity contribution in [2.24, 2.45) is 0 Å². The molecule has 0 aliphatic heterocycles. The summed E-state index contributed by atoms with van der Waals surface area (Å²) < 4.78 is 2.43. The predicted molar refractivity (Wildman–Crippen MR) is 306 cm³/mol. The zero-order valence-electron chi connectivity index (χ0n) is 39.6. The van der Waals surface area contributed by atoms with Crippen LogP contribution in [0.5, 0.6) is 0 Å². The third kappa shape index (κ3) is 7.73. The molecule has 0 spiro atoms. The minimum atomic E-state index is 1.06. The summed E-state index contributed by atoms with van der Waals surface area (Å²) in [7, 11) is 0.